The second kappa shape index (κ2) is 15.4. The minimum atomic E-state index is -1.16. The molecule has 3 aromatic rings. The topological polar surface area (TPSA) is 65.0 Å². The fraction of sp³-hybridized carbons (Fsp3) is 0.441. The molecule has 1 saturated heterocycles. The molecule has 0 saturated carbocycles. The molecule has 1 amide bonds. The molecule has 41 heavy (non-hydrogen) atoms. The second-order valence-electron chi connectivity index (χ2n) is 11.3. The number of carbonyl (C=O) groups is 1. The normalized spacial score (nSPS) is 15.9. The molecule has 2 N–H and O–H groups in total. The van der Waals surface area contributed by atoms with Gasteiger partial charge in [0, 0.05) is 43.7 Å². The summed E-state index contributed by atoms with van der Waals surface area (Å²) in [6.07, 6.45) is 3.74. The number of rotatable bonds is 14. The number of carbonyl (C=O) groups excluding carboxylic acids is 1. The van der Waals surface area contributed by atoms with Crippen LogP contribution in [0.1, 0.15) is 49.8 Å². The van der Waals surface area contributed by atoms with Crippen LogP contribution in [0, 0.1) is 0 Å². The van der Waals surface area contributed by atoms with Gasteiger partial charge in [0.05, 0.1) is 13.2 Å². The van der Waals surface area contributed by atoms with Crippen molar-refractivity contribution >= 4 is 17.5 Å². The van der Waals surface area contributed by atoms with Crippen LogP contribution < -0.4 is 10.1 Å². The number of piperazine rings is 1. The SMILES string of the molecule is CC(C)NC(=O)CN1CCN(CCCCCOc2ccc(CC(O)(c3ccccc3)c3ccc(Cl)cc3)cc2)CC1. The van der Waals surface area contributed by atoms with Crippen molar-refractivity contribution in [3.63, 3.8) is 0 Å². The van der Waals surface area contributed by atoms with Gasteiger partial charge in [0.15, 0.2) is 0 Å². The third-order valence-electron chi connectivity index (χ3n) is 7.63. The lowest BCUT2D eigenvalue weighted by atomic mass is 9.81. The summed E-state index contributed by atoms with van der Waals surface area (Å²) in [6.45, 7) is 10.2. The summed E-state index contributed by atoms with van der Waals surface area (Å²) >= 11 is 6.11. The molecule has 0 aromatic heterocycles. The summed E-state index contributed by atoms with van der Waals surface area (Å²) in [5, 5.41) is 15.5. The lowest BCUT2D eigenvalue weighted by Crippen LogP contribution is -2.50. The Kier molecular flexibility index (Phi) is 11.6. The van der Waals surface area contributed by atoms with Gasteiger partial charge in [-0.25, -0.2) is 0 Å². The molecule has 1 fully saturated rings. The number of halogens is 1. The van der Waals surface area contributed by atoms with Crippen molar-refractivity contribution in [3.05, 3.63) is 101 Å². The van der Waals surface area contributed by atoms with Crippen LogP contribution in [-0.2, 0) is 16.8 Å². The van der Waals surface area contributed by atoms with E-state index in [-0.39, 0.29) is 11.9 Å². The first-order chi connectivity index (χ1) is 19.8. The number of benzene rings is 3. The van der Waals surface area contributed by atoms with Gasteiger partial charge in [0.2, 0.25) is 5.91 Å². The molecular weight excluding hydrogens is 534 g/mol. The van der Waals surface area contributed by atoms with Crippen LogP contribution in [-0.4, -0.2) is 72.7 Å². The van der Waals surface area contributed by atoms with Gasteiger partial charge in [0.1, 0.15) is 11.4 Å². The summed E-state index contributed by atoms with van der Waals surface area (Å²) in [4.78, 5) is 16.7. The standard InChI is InChI=1S/C34H44ClN3O3/c1-27(2)36-33(39)26-38-22-20-37(21-23-38)19-7-4-8-24-41-32-17-11-28(12-18-32)25-34(40,29-9-5-3-6-10-29)30-13-15-31(35)16-14-30/h3,5-6,9-18,27,40H,4,7-8,19-26H2,1-2H3,(H,36,39). The van der Waals surface area contributed by atoms with Crippen LogP contribution in [0.3, 0.4) is 0 Å². The molecule has 6 nitrogen and oxygen atoms in total. The number of hydrogen-bond acceptors (Lipinski definition) is 5. The highest BCUT2D eigenvalue weighted by Crippen LogP contribution is 2.34. The molecule has 0 aliphatic carbocycles. The Balaban J connectivity index is 1.17. The van der Waals surface area contributed by atoms with Crippen molar-refractivity contribution in [1.29, 1.82) is 0 Å². The van der Waals surface area contributed by atoms with Crippen molar-refractivity contribution in [2.45, 2.75) is 51.2 Å². The first-order valence-corrected chi connectivity index (χ1v) is 15.2. The molecule has 0 bridgehead atoms. The number of aliphatic hydroxyl groups is 1. The predicted molar refractivity (Wildman–Crippen MR) is 167 cm³/mol. The van der Waals surface area contributed by atoms with Crippen molar-refractivity contribution < 1.29 is 14.6 Å². The molecule has 0 radical (unpaired) electrons. The maximum Gasteiger partial charge on any atom is 0.234 e. The van der Waals surface area contributed by atoms with E-state index in [1.54, 1.807) is 0 Å². The van der Waals surface area contributed by atoms with Gasteiger partial charge in [0.25, 0.3) is 0 Å². The maximum atomic E-state index is 12.0. The number of nitrogens with one attached hydrogen (secondary N) is 1. The van der Waals surface area contributed by atoms with Crippen molar-refractivity contribution in [1.82, 2.24) is 15.1 Å². The number of unbranched alkanes of at least 4 members (excludes halogenated alkanes) is 2. The van der Waals surface area contributed by atoms with Gasteiger partial charge >= 0.3 is 0 Å². The van der Waals surface area contributed by atoms with E-state index in [1.165, 1.54) is 0 Å². The lowest BCUT2D eigenvalue weighted by molar-refractivity contribution is -0.123. The van der Waals surface area contributed by atoms with Gasteiger partial charge in [-0.3, -0.25) is 9.69 Å². The second-order valence-corrected chi connectivity index (χ2v) is 11.7. The molecule has 4 rings (SSSR count). The van der Waals surface area contributed by atoms with E-state index >= 15 is 0 Å². The zero-order chi connectivity index (χ0) is 29.1. The third kappa shape index (κ3) is 9.57. The number of hydrogen-bond donors (Lipinski definition) is 2. The minimum absolute atomic E-state index is 0.120. The maximum absolute atomic E-state index is 12.0. The minimum Gasteiger partial charge on any atom is -0.494 e. The van der Waals surface area contributed by atoms with Gasteiger partial charge < -0.3 is 20.1 Å². The summed E-state index contributed by atoms with van der Waals surface area (Å²) in [5.74, 6) is 0.968. The quantitative estimate of drug-likeness (QED) is 0.247. The summed E-state index contributed by atoms with van der Waals surface area (Å²) in [6, 6.07) is 25.4. The number of amides is 1. The van der Waals surface area contributed by atoms with Crippen molar-refractivity contribution in [2.24, 2.45) is 0 Å². The van der Waals surface area contributed by atoms with Crippen LogP contribution in [0.15, 0.2) is 78.9 Å². The Morgan fingerprint density at radius 1 is 0.878 bits per heavy atom. The van der Waals surface area contributed by atoms with Gasteiger partial charge in [-0.2, -0.15) is 0 Å². The molecular formula is C34H44ClN3O3. The zero-order valence-corrected chi connectivity index (χ0v) is 25.2. The fourth-order valence-electron chi connectivity index (χ4n) is 5.36. The smallest absolute Gasteiger partial charge is 0.234 e. The zero-order valence-electron chi connectivity index (χ0n) is 24.4. The Bertz CT molecular complexity index is 1200. The first-order valence-electron chi connectivity index (χ1n) is 14.8. The fourth-order valence-corrected chi connectivity index (χ4v) is 5.48. The van der Waals surface area contributed by atoms with E-state index in [0.717, 1.165) is 74.4 Å². The highest BCUT2D eigenvalue weighted by molar-refractivity contribution is 6.30. The molecule has 220 valence electrons. The third-order valence-corrected chi connectivity index (χ3v) is 7.88. The summed E-state index contributed by atoms with van der Waals surface area (Å²) in [5.41, 5.74) is 1.52. The molecule has 7 heteroatoms. The highest BCUT2D eigenvalue weighted by atomic mass is 35.5. The highest BCUT2D eigenvalue weighted by Gasteiger charge is 2.31. The number of ether oxygens (including phenoxy) is 1. The lowest BCUT2D eigenvalue weighted by Gasteiger charge is -2.34. The Hall–Kier alpha value is -2.90. The molecule has 0 spiro atoms. The van der Waals surface area contributed by atoms with E-state index in [4.69, 9.17) is 16.3 Å². The molecule has 1 unspecified atom stereocenters. The predicted octanol–water partition coefficient (Wildman–Crippen LogP) is 5.51. The largest absolute Gasteiger partial charge is 0.494 e. The van der Waals surface area contributed by atoms with Crippen LogP contribution in [0.25, 0.3) is 0 Å². The van der Waals surface area contributed by atoms with Crippen LogP contribution in [0.5, 0.6) is 5.75 Å². The van der Waals surface area contributed by atoms with Crippen LogP contribution in [0.2, 0.25) is 5.02 Å². The Labute approximate surface area is 250 Å². The molecule has 1 heterocycles. The Morgan fingerprint density at radius 3 is 2.17 bits per heavy atom. The molecule has 1 atom stereocenters. The molecule has 3 aromatic carbocycles. The van der Waals surface area contributed by atoms with E-state index < -0.39 is 5.60 Å². The number of nitrogens with zero attached hydrogens (tertiary/aromatic N) is 2. The van der Waals surface area contributed by atoms with Gasteiger partial charge in [-0.15, -0.1) is 0 Å². The first kappa shape index (κ1) is 31.0. The monoisotopic (exact) mass is 577 g/mol. The van der Waals surface area contributed by atoms with Crippen molar-refractivity contribution in [3.8, 4) is 5.75 Å². The Morgan fingerprint density at radius 2 is 1.51 bits per heavy atom. The van der Waals surface area contributed by atoms with Crippen molar-refractivity contribution in [2.75, 3.05) is 45.9 Å². The van der Waals surface area contributed by atoms with E-state index in [1.807, 2.05) is 92.7 Å². The van der Waals surface area contributed by atoms with Gasteiger partial charge in [-0.1, -0.05) is 66.2 Å². The average Bonchev–Trinajstić information content (AvgIpc) is 2.97. The summed E-state index contributed by atoms with van der Waals surface area (Å²) in [7, 11) is 0. The van der Waals surface area contributed by atoms with E-state index in [0.29, 0.717) is 24.6 Å². The molecule has 1 aliphatic rings. The summed E-state index contributed by atoms with van der Waals surface area (Å²) < 4.78 is 6.01. The van der Waals surface area contributed by atoms with Gasteiger partial charge in [-0.05, 0) is 80.6 Å². The van der Waals surface area contributed by atoms with Crippen LogP contribution >= 0.6 is 11.6 Å². The van der Waals surface area contributed by atoms with Crippen LogP contribution in [0.4, 0.5) is 0 Å². The van der Waals surface area contributed by atoms with E-state index in [9.17, 15) is 9.90 Å². The van der Waals surface area contributed by atoms with E-state index in [2.05, 4.69) is 15.1 Å². The average molecular weight is 578 g/mol. The molecule has 1 aliphatic heterocycles.